The van der Waals surface area contributed by atoms with Crippen molar-refractivity contribution in [2.45, 2.75) is 20.3 Å². The number of carbonyl (C=O) groups excluding carboxylic acids is 1. The molecule has 0 unspecified atom stereocenters. The van der Waals surface area contributed by atoms with Gasteiger partial charge in [0.1, 0.15) is 5.82 Å². The second-order valence-electron chi connectivity index (χ2n) is 3.90. The average molecular weight is 248 g/mol. The number of rotatable bonds is 3. The van der Waals surface area contributed by atoms with Gasteiger partial charge in [-0.25, -0.2) is 4.39 Å². The number of ketones is 1. The Morgan fingerprint density at radius 3 is 2.71 bits per heavy atom. The minimum absolute atomic E-state index is 0.153. The van der Waals surface area contributed by atoms with Gasteiger partial charge in [0.05, 0.1) is 4.88 Å². The van der Waals surface area contributed by atoms with E-state index in [0.29, 0.717) is 12.0 Å². The molecule has 2 aromatic rings. The zero-order chi connectivity index (χ0) is 12.4. The summed E-state index contributed by atoms with van der Waals surface area (Å²) in [7, 11) is 0. The van der Waals surface area contributed by atoms with Crippen LogP contribution < -0.4 is 0 Å². The summed E-state index contributed by atoms with van der Waals surface area (Å²) in [6.07, 6.45) is 0.516. The predicted molar refractivity (Wildman–Crippen MR) is 69.1 cm³/mol. The third kappa shape index (κ3) is 2.44. The van der Waals surface area contributed by atoms with Crippen LogP contribution in [0.25, 0.3) is 10.4 Å². The van der Waals surface area contributed by atoms with Crippen molar-refractivity contribution in [3.05, 3.63) is 46.6 Å². The van der Waals surface area contributed by atoms with E-state index in [1.165, 1.54) is 17.4 Å². The number of thiophene rings is 1. The highest BCUT2D eigenvalue weighted by Crippen LogP contribution is 2.29. The van der Waals surface area contributed by atoms with Crippen LogP contribution in [0, 0.1) is 12.7 Å². The molecular formula is C14H13FOS. The monoisotopic (exact) mass is 248 g/mol. The Bertz CT molecular complexity index is 557. The topological polar surface area (TPSA) is 17.1 Å². The largest absolute Gasteiger partial charge is 0.293 e. The lowest BCUT2D eigenvalue weighted by molar-refractivity contribution is 0.0992. The third-order valence-corrected chi connectivity index (χ3v) is 3.82. The molecular weight excluding hydrogens is 235 g/mol. The Morgan fingerprint density at radius 1 is 1.29 bits per heavy atom. The van der Waals surface area contributed by atoms with Gasteiger partial charge in [-0.15, -0.1) is 11.3 Å². The maximum absolute atomic E-state index is 13.2. The van der Waals surface area contributed by atoms with Gasteiger partial charge in [0.25, 0.3) is 0 Å². The molecule has 3 heteroatoms. The van der Waals surface area contributed by atoms with Crippen LogP contribution >= 0.6 is 11.3 Å². The minimum Gasteiger partial charge on any atom is -0.293 e. The molecule has 0 spiro atoms. The summed E-state index contributed by atoms with van der Waals surface area (Å²) in [6, 6.07) is 8.77. The van der Waals surface area contributed by atoms with Crippen molar-refractivity contribution >= 4 is 17.1 Å². The van der Waals surface area contributed by atoms with Gasteiger partial charge in [-0.2, -0.15) is 0 Å². The van der Waals surface area contributed by atoms with Crippen molar-refractivity contribution < 1.29 is 9.18 Å². The zero-order valence-corrected chi connectivity index (χ0v) is 10.6. The molecule has 0 N–H and O–H groups in total. The molecule has 1 heterocycles. The van der Waals surface area contributed by atoms with Crippen molar-refractivity contribution in [3.63, 3.8) is 0 Å². The number of aryl methyl sites for hydroxylation is 1. The summed E-state index contributed by atoms with van der Waals surface area (Å²) in [5, 5.41) is 0. The van der Waals surface area contributed by atoms with Crippen molar-refractivity contribution in [1.29, 1.82) is 0 Å². The van der Waals surface area contributed by atoms with Crippen LogP contribution in [0.3, 0.4) is 0 Å². The van der Waals surface area contributed by atoms with Gasteiger partial charge in [0, 0.05) is 11.3 Å². The molecule has 0 aliphatic rings. The fourth-order valence-electron chi connectivity index (χ4n) is 1.62. The fraction of sp³-hybridized carbons (Fsp3) is 0.214. The van der Waals surface area contributed by atoms with E-state index in [4.69, 9.17) is 0 Å². The lowest BCUT2D eigenvalue weighted by Crippen LogP contribution is -1.90. The zero-order valence-electron chi connectivity index (χ0n) is 9.79. The Morgan fingerprint density at radius 2 is 2.06 bits per heavy atom. The predicted octanol–water partition coefficient (Wildman–Crippen LogP) is 4.46. The summed E-state index contributed by atoms with van der Waals surface area (Å²) in [5.41, 5.74) is 1.59. The number of halogens is 1. The second kappa shape index (κ2) is 4.80. The van der Waals surface area contributed by atoms with Gasteiger partial charge in [-0.3, -0.25) is 4.79 Å². The van der Waals surface area contributed by atoms with Gasteiger partial charge in [0.2, 0.25) is 0 Å². The first-order valence-electron chi connectivity index (χ1n) is 5.51. The molecule has 0 radical (unpaired) electrons. The molecule has 0 bridgehead atoms. The lowest BCUT2D eigenvalue weighted by Gasteiger charge is -2.00. The van der Waals surface area contributed by atoms with E-state index in [-0.39, 0.29) is 11.6 Å². The van der Waals surface area contributed by atoms with Crippen molar-refractivity contribution in [3.8, 4) is 10.4 Å². The average Bonchev–Trinajstić information content (AvgIpc) is 2.81. The molecule has 1 nitrogen and oxygen atoms in total. The normalized spacial score (nSPS) is 10.5. The van der Waals surface area contributed by atoms with E-state index in [0.717, 1.165) is 15.3 Å². The van der Waals surface area contributed by atoms with Gasteiger partial charge in [-0.05, 0) is 42.3 Å². The van der Waals surface area contributed by atoms with Crippen LogP contribution in [0.5, 0.6) is 0 Å². The molecule has 0 aliphatic carbocycles. The van der Waals surface area contributed by atoms with E-state index in [9.17, 15) is 9.18 Å². The summed E-state index contributed by atoms with van der Waals surface area (Å²) in [6.45, 7) is 3.59. The van der Waals surface area contributed by atoms with E-state index >= 15 is 0 Å². The highest BCUT2D eigenvalue weighted by atomic mass is 32.1. The van der Waals surface area contributed by atoms with Crippen molar-refractivity contribution in [2.75, 3.05) is 0 Å². The van der Waals surface area contributed by atoms with E-state index in [1.807, 2.05) is 19.1 Å². The molecule has 0 saturated heterocycles. The smallest absolute Gasteiger partial charge is 0.172 e. The van der Waals surface area contributed by atoms with E-state index in [2.05, 4.69) is 0 Å². The van der Waals surface area contributed by atoms with E-state index in [1.54, 1.807) is 19.1 Å². The van der Waals surface area contributed by atoms with Crippen LogP contribution in [-0.4, -0.2) is 5.78 Å². The van der Waals surface area contributed by atoms with Crippen molar-refractivity contribution in [2.24, 2.45) is 0 Å². The molecule has 0 saturated carbocycles. The molecule has 88 valence electrons. The van der Waals surface area contributed by atoms with Gasteiger partial charge in [-0.1, -0.05) is 13.0 Å². The Labute approximate surface area is 104 Å². The summed E-state index contributed by atoms with van der Waals surface area (Å²) in [5.74, 6) is -0.0461. The first-order valence-corrected chi connectivity index (χ1v) is 6.33. The van der Waals surface area contributed by atoms with E-state index < -0.39 is 0 Å². The highest BCUT2D eigenvalue weighted by Gasteiger charge is 2.09. The summed E-state index contributed by atoms with van der Waals surface area (Å²) in [4.78, 5) is 13.3. The molecule has 1 aromatic heterocycles. The Kier molecular flexibility index (Phi) is 3.38. The maximum Gasteiger partial charge on any atom is 0.172 e. The Hall–Kier alpha value is -1.48. The Balaban J connectivity index is 2.37. The van der Waals surface area contributed by atoms with Crippen LogP contribution in [0.1, 0.15) is 28.6 Å². The molecule has 17 heavy (non-hydrogen) atoms. The molecule has 0 aliphatic heterocycles. The lowest BCUT2D eigenvalue weighted by atomic mass is 10.1. The summed E-state index contributed by atoms with van der Waals surface area (Å²) >= 11 is 1.46. The maximum atomic E-state index is 13.2. The van der Waals surface area contributed by atoms with Crippen LogP contribution in [0.2, 0.25) is 0 Å². The molecule has 0 fully saturated rings. The number of Topliss-reactive ketones (excluding diaryl/α,β-unsaturated/α-hetero) is 1. The third-order valence-electron chi connectivity index (χ3n) is 2.64. The number of hydrogen-bond acceptors (Lipinski definition) is 2. The van der Waals surface area contributed by atoms with Crippen LogP contribution in [0.4, 0.5) is 4.39 Å². The fourth-order valence-corrected chi connectivity index (χ4v) is 2.63. The van der Waals surface area contributed by atoms with Crippen LogP contribution in [-0.2, 0) is 0 Å². The van der Waals surface area contributed by atoms with Crippen molar-refractivity contribution in [1.82, 2.24) is 0 Å². The first kappa shape index (κ1) is 12.0. The highest BCUT2D eigenvalue weighted by molar-refractivity contribution is 7.17. The SMILES string of the molecule is CCC(=O)c1ccc(-c2ccc(F)c(C)c2)s1. The second-order valence-corrected chi connectivity index (χ2v) is 4.99. The molecule has 1 aromatic carbocycles. The van der Waals surface area contributed by atoms with Gasteiger partial charge >= 0.3 is 0 Å². The minimum atomic E-state index is -0.199. The quantitative estimate of drug-likeness (QED) is 0.733. The molecule has 0 atom stereocenters. The molecule has 0 amide bonds. The number of benzene rings is 1. The summed E-state index contributed by atoms with van der Waals surface area (Å²) < 4.78 is 13.2. The molecule has 2 rings (SSSR count). The number of hydrogen-bond donors (Lipinski definition) is 0. The first-order chi connectivity index (χ1) is 8.11. The standard InChI is InChI=1S/C14H13FOS/c1-3-12(16)14-7-6-13(17-14)10-4-5-11(15)9(2)8-10/h4-8H,3H2,1-2H3. The van der Waals surface area contributed by atoms with Gasteiger partial charge < -0.3 is 0 Å². The number of carbonyl (C=O) groups is 1. The van der Waals surface area contributed by atoms with Crippen LogP contribution in [0.15, 0.2) is 30.3 Å². The van der Waals surface area contributed by atoms with Gasteiger partial charge in [0.15, 0.2) is 5.78 Å².